The van der Waals surface area contributed by atoms with E-state index in [4.69, 9.17) is 9.47 Å². The molecule has 0 saturated carbocycles. The number of fused-ring (bicyclic) bond motifs is 1. The third-order valence-electron chi connectivity index (χ3n) is 4.89. The molecule has 1 aliphatic heterocycles. The molecule has 6 heteroatoms. The van der Waals surface area contributed by atoms with Crippen molar-refractivity contribution in [2.75, 3.05) is 51.9 Å². The molecular formula is C21H30N2O4. The van der Waals surface area contributed by atoms with Crippen LogP contribution < -0.4 is 4.90 Å². The predicted molar refractivity (Wildman–Crippen MR) is 106 cm³/mol. The number of rotatable bonds is 9. The summed E-state index contributed by atoms with van der Waals surface area (Å²) in [7, 11) is 3.58. The molecule has 27 heavy (non-hydrogen) atoms. The molecule has 2 rings (SSSR count). The summed E-state index contributed by atoms with van der Waals surface area (Å²) in [6, 6.07) is 8.18. The lowest BCUT2D eigenvalue weighted by Crippen LogP contribution is -2.37. The van der Waals surface area contributed by atoms with Gasteiger partial charge in [-0.3, -0.25) is 14.5 Å². The fraction of sp³-hybridized carbons (Fsp3) is 0.524. The molecule has 1 aromatic carbocycles. The quantitative estimate of drug-likeness (QED) is 0.489. The van der Waals surface area contributed by atoms with Gasteiger partial charge in [0.25, 0.3) is 0 Å². The van der Waals surface area contributed by atoms with Crippen molar-refractivity contribution in [1.82, 2.24) is 4.90 Å². The summed E-state index contributed by atoms with van der Waals surface area (Å²) < 4.78 is 10.1. The van der Waals surface area contributed by atoms with Gasteiger partial charge in [-0.1, -0.05) is 32.0 Å². The van der Waals surface area contributed by atoms with Crippen molar-refractivity contribution >= 4 is 17.4 Å². The second-order valence-electron chi connectivity index (χ2n) is 7.21. The molecule has 0 aliphatic carbocycles. The number of methoxy groups -OCH3 is 1. The van der Waals surface area contributed by atoms with Crippen molar-refractivity contribution in [3.8, 4) is 0 Å². The van der Waals surface area contributed by atoms with Crippen LogP contribution in [0.4, 0.5) is 5.69 Å². The second kappa shape index (κ2) is 9.15. The van der Waals surface area contributed by atoms with Crippen LogP contribution in [0.5, 0.6) is 0 Å². The van der Waals surface area contributed by atoms with Crippen molar-refractivity contribution in [3.63, 3.8) is 0 Å². The number of para-hydroxylation sites is 1. The third-order valence-corrected chi connectivity index (χ3v) is 4.89. The van der Waals surface area contributed by atoms with Crippen LogP contribution in [0.3, 0.4) is 0 Å². The predicted octanol–water partition coefficient (Wildman–Crippen LogP) is 2.38. The number of carbonyl (C=O) groups is 2. The Bertz CT molecular complexity index is 712. The van der Waals surface area contributed by atoms with Crippen LogP contribution >= 0.6 is 0 Å². The first-order valence-corrected chi connectivity index (χ1v) is 9.26. The van der Waals surface area contributed by atoms with E-state index in [1.54, 1.807) is 25.0 Å². The standard InChI is InChI=1S/C21H30N2O4/c1-6-27-20(25)15-23(11-12-26-5)14-16(24)13-19-21(2,3)17-9-7-8-10-18(17)22(19)4/h7-10,13H,6,11-12,14-15H2,1-5H3/b19-13+. The molecule has 0 fully saturated rings. The van der Waals surface area contributed by atoms with Gasteiger partial charge in [-0.05, 0) is 18.6 Å². The van der Waals surface area contributed by atoms with E-state index in [9.17, 15) is 9.59 Å². The maximum absolute atomic E-state index is 12.8. The number of allylic oxidation sites excluding steroid dienone is 1. The fourth-order valence-corrected chi connectivity index (χ4v) is 3.50. The summed E-state index contributed by atoms with van der Waals surface area (Å²) in [6.45, 7) is 7.49. The molecule has 6 nitrogen and oxygen atoms in total. The van der Waals surface area contributed by atoms with Crippen molar-refractivity contribution in [2.45, 2.75) is 26.2 Å². The summed E-state index contributed by atoms with van der Waals surface area (Å²) in [4.78, 5) is 28.4. The Balaban J connectivity index is 2.15. The molecule has 0 saturated heterocycles. The van der Waals surface area contributed by atoms with Crippen LogP contribution in [0.25, 0.3) is 0 Å². The zero-order valence-corrected chi connectivity index (χ0v) is 16.9. The Morgan fingerprint density at radius 1 is 1.22 bits per heavy atom. The SMILES string of the molecule is CCOC(=O)CN(CCOC)CC(=O)/C=C1/N(C)c2ccccc2C1(C)C. The van der Waals surface area contributed by atoms with Gasteiger partial charge in [0, 0.05) is 43.6 Å². The highest BCUT2D eigenvalue weighted by Gasteiger charge is 2.38. The van der Waals surface area contributed by atoms with Gasteiger partial charge in [-0.15, -0.1) is 0 Å². The van der Waals surface area contributed by atoms with Crippen molar-refractivity contribution in [3.05, 3.63) is 41.6 Å². The smallest absolute Gasteiger partial charge is 0.320 e. The maximum Gasteiger partial charge on any atom is 0.320 e. The van der Waals surface area contributed by atoms with Crippen LogP contribution in [0.1, 0.15) is 26.3 Å². The molecule has 1 aliphatic rings. The molecule has 0 atom stereocenters. The van der Waals surface area contributed by atoms with Crippen LogP contribution in [0.15, 0.2) is 36.0 Å². The summed E-state index contributed by atoms with van der Waals surface area (Å²) in [5.74, 6) is -0.377. The molecule has 0 N–H and O–H groups in total. The van der Waals surface area contributed by atoms with Gasteiger partial charge < -0.3 is 14.4 Å². The number of ether oxygens (including phenoxy) is 2. The Labute approximate surface area is 161 Å². The maximum atomic E-state index is 12.8. The van der Waals surface area contributed by atoms with E-state index in [0.29, 0.717) is 19.8 Å². The summed E-state index contributed by atoms with van der Waals surface area (Å²) in [5, 5.41) is 0. The van der Waals surface area contributed by atoms with Gasteiger partial charge in [-0.2, -0.15) is 0 Å². The van der Waals surface area contributed by atoms with Crippen molar-refractivity contribution in [2.24, 2.45) is 0 Å². The number of nitrogens with zero attached hydrogens (tertiary/aromatic N) is 2. The second-order valence-corrected chi connectivity index (χ2v) is 7.21. The van der Waals surface area contributed by atoms with E-state index >= 15 is 0 Å². The van der Waals surface area contributed by atoms with Crippen molar-refractivity contribution < 1.29 is 19.1 Å². The average Bonchev–Trinajstić information content (AvgIpc) is 2.81. The summed E-state index contributed by atoms with van der Waals surface area (Å²) >= 11 is 0. The third kappa shape index (κ3) is 4.96. The van der Waals surface area contributed by atoms with Gasteiger partial charge in [-0.25, -0.2) is 0 Å². The molecule has 0 spiro atoms. The molecule has 0 radical (unpaired) electrons. The molecule has 0 bridgehead atoms. The number of ketones is 1. The minimum absolute atomic E-state index is 0.0434. The lowest BCUT2D eigenvalue weighted by molar-refractivity contribution is -0.144. The molecule has 1 aromatic rings. The zero-order chi connectivity index (χ0) is 20.0. The number of hydrogen-bond donors (Lipinski definition) is 0. The van der Waals surface area contributed by atoms with Crippen molar-refractivity contribution in [1.29, 1.82) is 0 Å². The summed E-state index contributed by atoms with van der Waals surface area (Å²) in [6.07, 6.45) is 1.70. The van der Waals surface area contributed by atoms with Crippen LogP contribution in [-0.4, -0.2) is 63.7 Å². The van der Waals surface area contributed by atoms with Gasteiger partial charge in [0.05, 0.1) is 26.3 Å². The number of carbonyl (C=O) groups excluding carboxylic acids is 2. The monoisotopic (exact) mass is 374 g/mol. The Hall–Kier alpha value is -2.18. The first-order chi connectivity index (χ1) is 12.8. The lowest BCUT2D eigenvalue weighted by Gasteiger charge is -2.25. The first-order valence-electron chi connectivity index (χ1n) is 9.26. The van der Waals surface area contributed by atoms with E-state index in [2.05, 4.69) is 30.9 Å². The Morgan fingerprint density at radius 2 is 1.93 bits per heavy atom. The van der Waals surface area contributed by atoms with Crippen LogP contribution in [0, 0.1) is 0 Å². The highest BCUT2D eigenvalue weighted by Crippen LogP contribution is 2.46. The number of hydrogen-bond acceptors (Lipinski definition) is 6. The van der Waals surface area contributed by atoms with E-state index in [1.165, 1.54) is 5.56 Å². The van der Waals surface area contributed by atoms with Gasteiger partial charge in [0.2, 0.25) is 0 Å². The molecule has 0 amide bonds. The Morgan fingerprint density at radius 3 is 2.56 bits per heavy atom. The number of benzene rings is 1. The zero-order valence-electron chi connectivity index (χ0n) is 16.9. The average molecular weight is 374 g/mol. The highest BCUT2D eigenvalue weighted by molar-refractivity contribution is 5.94. The largest absolute Gasteiger partial charge is 0.465 e. The van der Waals surface area contributed by atoms with E-state index in [0.717, 1.165) is 11.4 Å². The lowest BCUT2D eigenvalue weighted by atomic mass is 9.83. The van der Waals surface area contributed by atoms with E-state index in [1.807, 2.05) is 19.2 Å². The number of esters is 1. The fourth-order valence-electron chi connectivity index (χ4n) is 3.50. The molecule has 0 aromatic heterocycles. The van der Waals surface area contributed by atoms with Gasteiger partial charge in [0.1, 0.15) is 0 Å². The molecule has 1 heterocycles. The highest BCUT2D eigenvalue weighted by atomic mass is 16.5. The minimum Gasteiger partial charge on any atom is -0.465 e. The summed E-state index contributed by atoms with van der Waals surface area (Å²) in [5.41, 5.74) is 3.02. The molecule has 0 unspecified atom stereocenters. The van der Waals surface area contributed by atoms with Crippen LogP contribution in [0.2, 0.25) is 0 Å². The molecular weight excluding hydrogens is 344 g/mol. The topological polar surface area (TPSA) is 59.1 Å². The number of likely N-dealkylation sites (N-methyl/N-ethyl adjacent to an activating group) is 1. The first kappa shape index (κ1) is 21.1. The molecule has 148 valence electrons. The van der Waals surface area contributed by atoms with Gasteiger partial charge >= 0.3 is 5.97 Å². The van der Waals surface area contributed by atoms with Crippen LogP contribution in [-0.2, 0) is 24.5 Å². The Kier molecular flexibility index (Phi) is 7.16. The van der Waals surface area contributed by atoms with E-state index in [-0.39, 0.29) is 30.3 Å². The van der Waals surface area contributed by atoms with E-state index < -0.39 is 0 Å². The minimum atomic E-state index is -0.334. The number of anilines is 1. The normalized spacial score (nSPS) is 16.7. The van der Waals surface area contributed by atoms with Gasteiger partial charge in [0.15, 0.2) is 5.78 Å².